The summed E-state index contributed by atoms with van der Waals surface area (Å²) in [5.41, 5.74) is 12.5. The number of hydrogen-bond donors (Lipinski definition) is 4. The number of carboxylic acid groups (broad SMARTS) is 1. The second kappa shape index (κ2) is 9.32. The molecule has 0 saturated heterocycles. The number of carbonyl (C=O) groups excluding carboxylic acids is 1. The second-order valence-corrected chi connectivity index (χ2v) is 9.86. The zero-order valence-corrected chi connectivity index (χ0v) is 20.6. The number of amides is 1. The van der Waals surface area contributed by atoms with E-state index in [1.54, 1.807) is 12.1 Å². The number of carbonyl (C=O) groups is 2. The number of para-hydroxylation sites is 1. The van der Waals surface area contributed by atoms with E-state index < -0.39 is 23.5 Å². The fraction of sp³-hybridized carbons (Fsp3) is 0.125. The van der Waals surface area contributed by atoms with Crippen LogP contribution in [0.1, 0.15) is 32.7 Å². The first kappa shape index (κ1) is 23.7. The lowest BCUT2D eigenvalue weighted by Crippen LogP contribution is -2.58. The highest BCUT2D eigenvalue weighted by molar-refractivity contribution is 5.89. The van der Waals surface area contributed by atoms with E-state index in [1.807, 2.05) is 48.5 Å². The van der Waals surface area contributed by atoms with Crippen molar-refractivity contribution in [1.82, 2.24) is 10.3 Å². The van der Waals surface area contributed by atoms with Crippen molar-refractivity contribution in [2.75, 3.05) is 0 Å². The number of benzene rings is 4. The van der Waals surface area contributed by atoms with Crippen LogP contribution in [0.15, 0.2) is 103 Å². The maximum absolute atomic E-state index is 12.6. The number of H-pyrrole nitrogens is 1. The van der Waals surface area contributed by atoms with Crippen LogP contribution in [-0.2, 0) is 23.2 Å². The average Bonchev–Trinajstić information content (AvgIpc) is 3.33. The summed E-state index contributed by atoms with van der Waals surface area (Å²) in [5.74, 6) is -1.38. The lowest BCUT2D eigenvalue weighted by molar-refractivity contribution is -0.120. The van der Waals surface area contributed by atoms with Crippen molar-refractivity contribution in [2.24, 2.45) is 5.73 Å². The first-order valence-electron chi connectivity index (χ1n) is 12.6. The van der Waals surface area contributed by atoms with Gasteiger partial charge in [0.2, 0.25) is 5.91 Å². The van der Waals surface area contributed by atoms with Gasteiger partial charge < -0.3 is 15.8 Å². The lowest BCUT2D eigenvalue weighted by Gasteiger charge is -2.42. The molecule has 5 aromatic rings. The molecule has 2 heterocycles. The summed E-state index contributed by atoms with van der Waals surface area (Å²) in [6.45, 7) is 0. The predicted octanol–water partition coefficient (Wildman–Crippen LogP) is 5.02. The molecule has 1 amide bonds. The molecule has 0 radical (unpaired) electrons. The average molecular weight is 502 g/mol. The Labute approximate surface area is 220 Å². The number of nitrogens with one attached hydrogen (secondary N) is 2. The van der Waals surface area contributed by atoms with Gasteiger partial charge in [0.25, 0.3) is 0 Å². The van der Waals surface area contributed by atoms with Crippen molar-refractivity contribution >= 4 is 22.8 Å². The molecule has 2 atom stereocenters. The Balaban J connectivity index is 1.55. The maximum atomic E-state index is 12.6. The van der Waals surface area contributed by atoms with Crippen LogP contribution in [0.5, 0.6) is 0 Å². The van der Waals surface area contributed by atoms with Crippen LogP contribution in [-0.4, -0.2) is 28.0 Å². The normalized spacial score (nSPS) is 18.7. The van der Waals surface area contributed by atoms with Crippen LogP contribution < -0.4 is 11.1 Å². The van der Waals surface area contributed by atoms with Gasteiger partial charge in [0, 0.05) is 23.0 Å². The Bertz CT molecular complexity index is 1640. The molecule has 4 aromatic carbocycles. The second-order valence-electron chi connectivity index (χ2n) is 9.86. The summed E-state index contributed by atoms with van der Waals surface area (Å²) < 4.78 is 0. The van der Waals surface area contributed by atoms with E-state index in [0.717, 1.165) is 44.4 Å². The smallest absolute Gasteiger partial charge is 0.335 e. The van der Waals surface area contributed by atoms with Crippen molar-refractivity contribution in [3.8, 4) is 11.1 Å². The number of rotatable bonds is 6. The Kier molecular flexibility index (Phi) is 5.81. The summed E-state index contributed by atoms with van der Waals surface area (Å²) in [6.07, 6.45) is 0.970. The van der Waals surface area contributed by atoms with Crippen molar-refractivity contribution in [3.05, 3.63) is 131 Å². The van der Waals surface area contributed by atoms with Gasteiger partial charge in [-0.25, -0.2) is 4.79 Å². The molecule has 5 N–H and O–H groups in total. The molecule has 0 saturated carbocycles. The predicted molar refractivity (Wildman–Crippen MR) is 148 cm³/mol. The van der Waals surface area contributed by atoms with Gasteiger partial charge in [-0.1, -0.05) is 84.9 Å². The number of fused-ring (bicyclic) bond motifs is 3. The minimum Gasteiger partial charge on any atom is -0.478 e. The molecule has 0 spiro atoms. The fourth-order valence-electron chi connectivity index (χ4n) is 5.69. The van der Waals surface area contributed by atoms with Crippen molar-refractivity contribution in [2.45, 2.75) is 24.4 Å². The van der Waals surface area contributed by atoms with Gasteiger partial charge in [-0.05, 0) is 52.4 Å². The van der Waals surface area contributed by atoms with Crippen LogP contribution in [0.25, 0.3) is 22.0 Å². The van der Waals surface area contributed by atoms with Gasteiger partial charge in [0.1, 0.15) is 0 Å². The Morgan fingerprint density at radius 2 is 1.50 bits per heavy atom. The monoisotopic (exact) mass is 501 g/mol. The van der Waals surface area contributed by atoms with Crippen LogP contribution in [0.4, 0.5) is 0 Å². The van der Waals surface area contributed by atoms with Crippen molar-refractivity contribution < 1.29 is 14.7 Å². The summed E-state index contributed by atoms with van der Waals surface area (Å²) in [5, 5.41) is 14.1. The largest absolute Gasteiger partial charge is 0.478 e. The molecule has 6 rings (SSSR count). The van der Waals surface area contributed by atoms with Gasteiger partial charge >= 0.3 is 5.97 Å². The molecule has 188 valence electrons. The molecule has 1 aromatic heterocycles. The highest BCUT2D eigenvalue weighted by Gasteiger charge is 2.45. The number of aromatic nitrogens is 1. The maximum Gasteiger partial charge on any atom is 0.335 e. The van der Waals surface area contributed by atoms with Crippen LogP contribution in [0.2, 0.25) is 0 Å². The third-order valence-electron chi connectivity index (χ3n) is 7.57. The van der Waals surface area contributed by atoms with E-state index in [9.17, 15) is 14.7 Å². The minimum atomic E-state index is -0.967. The van der Waals surface area contributed by atoms with E-state index in [-0.39, 0.29) is 5.56 Å². The number of nitrogens with two attached hydrogens (primary N) is 1. The Morgan fingerprint density at radius 3 is 2.18 bits per heavy atom. The number of aromatic carboxylic acids is 1. The molecular weight excluding hydrogens is 474 g/mol. The van der Waals surface area contributed by atoms with Crippen molar-refractivity contribution in [1.29, 1.82) is 0 Å². The SMILES string of the molecule is NC(=O)[C@H]1Cc2c([nH]c3ccccc23)[C@](Cc2ccc(C(=O)O)cc2)(c2ccc(-c3ccccc3)cc2)N1. The van der Waals surface area contributed by atoms with Gasteiger partial charge in [-0.15, -0.1) is 0 Å². The van der Waals surface area contributed by atoms with E-state index in [0.29, 0.717) is 12.8 Å². The van der Waals surface area contributed by atoms with Gasteiger partial charge in [0.05, 0.1) is 17.1 Å². The zero-order chi connectivity index (χ0) is 26.3. The zero-order valence-electron chi connectivity index (χ0n) is 20.6. The first-order chi connectivity index (χ1) is 18.4. The Hall–Kier alpha value is -4.68. The first-order valence-corrected chi connectivity index (χ1v) is 12.6. The van der Waals surface area contributed by atoms with E-state index in [2.05, 4.69) is 52.8 Å². The molecule has 0 aliphatic carbocycles. The van der Waals surface area contributed by atoms with Gasteiger partial charge in [-0.2, -0.15) is 0 Å². The standard InChI is InChI=1S/C32H27N3O3/c33-30(36)28-18-26-25-8-4-5-9-27(25)34-29(26)32(35-28,19-20-10-12-23(13-11-20)31(37)38)24-16-14-22(15-17-24)21-6-2-1-3-7-21/h1-17,28,34-35H,18-19H2,(H2,33,36)(H,37,38)/t28-,32+/m1/s1. The van der Waals surface area contributed by atoms with Crippen LogP contribution in [0, 0.1) is 0 Å². The van der Waals surface area contributed by atoms with Crippen LogP contribution >= 0.6 is 0 Å². The Morgan fingerprint density at radius 1 is 0.842 bits per heavy atom. The molecular formula is C32H27N3O3. The molecule has 0 fully saturated rings. The molecule has 38 heavy (non-hydrogen) atoms. The summed E-state index contributed by atoms with van der Waals surface area (Å²) in [7, 11) is 0. The number of hydrogen-bond acceptors (Lipinski definition) is 3. The number of aromatic amines is 1. The summed E-state index contributed by atoms with van der Waals surface area (Å²) >= 11 is 0. The number of carboxylic acids is 1. The van der Waals surface area contributed by atoms with E-state index in [1.165, 1.54) is 0 Å². The van der Waals surface area contributed by atoms with Crippen LogP contribution in [0.3, 0.4) is 0 Å². The van der Waals surface area contributed by atoms with Gasteiger partial charge in [0.15, 0.2) is 0 Å². The summed E-state index contributed by atoms with van der Waals surface area (Å²) in [6, 6.07) is 33.0. The highest BCUT2D eigenvalue weighted by Crippen LogP contribution is 2.42. The molecule has 0 bridgehead atoms. The third-order valence-corrected chi connectivity index (χ3v) is 7.57. The molecule has 0 unspecified atom stereocenters. The minimum absolute atomic E-state index is 0.230. The van der Waals surface area contributed by atoms with Crippen molar-refractivity contribution in [3.63, 3.8) is 0 Å². The molecule has 6 heteroatoms. The fourth-order valence-corrected chi connectivity index (χ4v) is 5.69. The molecule has 1 aliphatic heterocycles. The molecule has 6 nitrogen and oxygen atoms in total. The third kappa shape index (κ3) is 4.05. The highest BCUT2D eigenvalue weighted by atomic mass is 16.4. The van der Waals surface area contributed by atoms with Gasteiger partial charge in [-0.3, -0.25) is 10.1 Å². The molecule has 1 aliphatic rings. The lowest BCUT2D eigenvalue weighted by atomic mass is 9.74. The topological polar surface area (TPSA) is 108 Å². The number of primary amides is 1. The quantitative estimate of drug-likeness (QED) is 0.262. The summed E-state index contributed by atoms with van der Waals surface area (Å²) in [4.78, 5) is 27.7. The van der Waals surface area contributed by atoms with E-state index in [4.69, 9.17) is 5.73 Å². The van der Waals surface area contributed by atoms with E-state index >= 15 is 0 Å².